The third-order valence-electron chi connectivity index (χ3n) is 2.84. The molecule has 0 bridgehead atoms. The number of anilines is 1. The summed E-state index contributed by atoms with van der Waals surface area (Å²) >= 11 is 3.12. The second-order valence-corrected chi connectivity index (χ2v) is 5.25. The maximum Gasteiger partial charge on any atom is 0.269 e. The van der Waals surface area contributed by atoms with Gasteiger partial charge in [0.1, 0.15) is 5.82 Å². The molecule has 0 unspecified atom stereocenters. The monoisotopic (exact) mass is 352 g/mol. The van der Waals surface area contributed by atoms with Gasteiger partial charge in [0.05, 0.1) is 10.6 Å². The Balaban J connectivity index is 2.26. The van der Waals surface area contributed by atoms with E-state index >= 15 is 0 Å². The molecular formula is C14H10BrFN2O3. The molecule has 0 spiro atoms. The van der Waals surface area contributed by atoms with Gasteiger partial charge in [0, 0.05) is 22.2 Å². The Morgan fingerprint density at radius 3 is 2.57 bits per heavy atom. The number of hydrogen-bond acceptors (Lipinski definition) is 3. The molecule has 0 heterocycles. The molecule has 2 rings (SSSR count). The molecule has 0 aliphatic heterocycles. The first-order valence-corrected chi connectivity index (χ1v) is 6.69. The number of carbonyl (C=O) groups is 1. The molecule has 7 heteroatoms. The van der Waals surface area contributed by atoms with Crippen molar-refractivity contribution in [1.82, 2.24) is 0 Å². The number of non-ortho nitro benzene ring substituents is 1. The van der Waals surface area contributed by atoms with Crippen molar-refractivity contribution in [2.45, 2.75) is 6.92 Å². The molecule has 1 amide bonds. The number of nitro groups is 1. The number of carbonyl (C=O) groups excluding carboxylic acids is 1. The highest BCUT2D eigenvalue weighted by molar-refractivity contribution is 9.10. The number of amides is 1. The van der Waals surface area contributed by atoms with Crippen LogP contribution in [0.1, 0.15) is 15.9 Å². The third-order valence-corrected chi connectivity index (χ3v) is 3.34. The van der Waals surface area contributed by atoms with Gasteiger partial charge in [-0.05, 0) is 36.8 Å². The second kappa shape index (κ2) is 6.01. The van der Waals surface area contributed by atoms with Crippen molar-refractivity contribution < 1.29 is 14.1 Å². The van der Waals surface area contributed by atoms with Gasteiger partial charge in [-0.3, -0.25) is 14.9 Å². The van der Waals surface area contributed by atoms with Crippen molar-refractivity contribution in [2.75, 3.05) is 5.32 Å². The van der Waals surface area contributed by atoms with Gasteiger partial charge in [-0.15, -0.1) is 0 Å². The van der Waals surface area contributed by atoms with Gasteiger partial charge >= 0.3 is 0 Å². The predicted molar refractivity (Wildman–Crippen MR) is 79.9 cm³/mol. The van der Waals surface area contributed by atoms with Crippen LogP contribution in [0.2, 0.25) is 0 Å². The molecule has 108 valence electrons. The van der Waals surface area contributed by atoms with Crippen LogP contribution in [0.4, 0.5) is 15.8 Å². The van der Waals surface area contributed by atoms with Crippen LogP contribution in [-0.4, -0.2) is 10.8 Å². The largest absolute Gasteiger partial charge is 0.319 e. The molecule has 0 saturated heterocycles. The van der Waals surface area contributed by atoms with E-state index in [4.69, 9.17) is 0 Å². The highest BCUT2D eigenvalue weighted by atomic mass is 79.9. The van der Waals surface area contributed by atoms with Crippen molar-refractivity contribution >= 4 is 33.2 Å². The topological polar surface area (TPSA) is 72.2 Å². The fraction of sp³-hybridized carbons (Fsp3) is 0.0714. The fourth-order valence-electron chi connectivity index (χ4n) is 1.80. The Kier molecular flexibility index (Phi) is 4.32. The van der Waals surface area contributed by atoms with Gasteiger partial charge in [-0.2, -0.15) is 0 Å². The first-order valence-electron chi connectivity index (χ1n) is 5.90. The molecule has 2 aromatic rings. The van der Waals surface area contributed by atoms with Gasteiger partial charge < -0.3 is 5.32 Å². The van der Waals surface area contributed by atoms with E-state index in [2.05, 4.69) is 21.2 Å². The van der Waals surface area contributed by atoms with Gasteiger partial charge in [-0.25, -0.2) is 4.39 Å². The zero-order chi connectivity index (χ0) is 15.6. The van der Waals surface area contributed by atoms with Gasteiger partial charge in [0.15, 0.2) is 0 Å². The van der Waals surface area contributed by atoms with Crippen molar-refractivity contribution in [2.24, 2.45) is 0 Å². The summed E-state index contributed by atoms with van der Waals surface area (Å²) in [6.45, 7) is 1.58. The fourth-order valence-corrected chi connectivity index (χ4v) is 2.13. The molecule has 0 radical (unpaired) electrons. The first kappa shape index (κ1) is 15.1. The normalized spacial score (nSPS) is 10.2. The Morgan fingerprint density at radius 1 is 1.29 bits per heavy atom. The lowest BCUT2D eigenvalue weighted by atomic mass is 10.1. The lowest BCUT2D eigenvalue weighted by Crippen LogP contribution is -2.14. The maximum atomic E-state index is 13.7. The van der Waals surface area contributed by atoms with Crippen molar-refractivity contribution in [3.05, 3.63) is 67.9 Å². The Labute approximate surface area is 128 Å². The number of hydrogen-bond donors (Lipinski definition) is 1. The van der Waals surface area contributed by atoms with Crippen LogP contribution in [0.15, 0.2) is 40.9 Å². The van der Waals surface area contributed by atoms with Gasteiger partial charge in [0.25, 0.3) is 11.6 Å². The number of halogens is 2. The summed E-state index contributed by atoms with van der Waals surface area (Å²) in [6.07, 6.45) is 0. The summed E-state index contributed by atoms with van der Waals surface area (Å²) in [4.78, 5) is 22.2. The summed E-state index contributed by atoms with van der Waals surface area (Å²) in [5.74, 6) is -1.10. The van der Waals surface area contributed by atoms with E-state index in [0.717, 1.165) is 0 Å². The van der Waals surface area contributed by atoms with E-state index in [1.54, 1.807) is 13.0 Å². The molecule has 0 saturated carbocycles. The molecule has 0 fully saturated rings. The summed E-state index contributed by atoms with van der Waals surface area (Å²) in [5, 5.41) is 13.1. The molecule has 0 aromatic heterocycles. The van der Waals surface area contributed by atoms with E-state index in [-0.39, 0.29) is 16.9 Å². The third kappa shape index (κ3) is 3.43. The van der Waals surface area contributed by atoms with Crippen molar-refractivity contribution in [1.29, 1.82) is 0 Å². The van der Waals surface area contributed by atoms with Crippen LogP contribution >= 0.6 is 15.9 Å². The Bertz CT molecular complexity index is 734. The van der Waals surface area contributed by atoms with Crippen LogP contribution in [0.25, 0.3) is 0 Å². The van der Waals surface area contributed by atoms with Gasteiger partial charge in [0.2, 0.25) is 0 Å². The Hall–Kier alpha value is -2.28. The molecule has 1 N–H and O–H groups in total. The number of aryl methyl sites for hydroxylation is 1. The number of nitrogens with one attached hydrogen (secondary N) is 1. The molecule has 21 heavy (non-hydrogen) atoms. The van der Waals surface area contributed by atoms with Gasteiger partial charge in [-0.1, -0.05) is 15.9 Å². The van der Waals surface area contributed by atoms with E-state index in [1.807, 2.05) is 0 Å². The number of nitrogens with zero attached hydrogens (tertiary/aromatic N) is 1. The minimum absolute atomic E-state index is 0.0425. The molecule has 5 nitrogen and oxygen atoms in total. The highest BCUT2D eigenvalue weighted by Gasteiger charge is 2.15. The van der Waals surface area contributed by atoms with Crippen LogP contribution in [0.5, 0.6) is 0 Å². The molecule has 0 aliphatic rings. The number of benzene rings is 2. The predicted octanol–water partition coefficient (Wildman–Crippen LogP) is 4.06. The number of rotatable bonds is 3. The zero-order valence-electron chi connectivity index (χ0n) is 10.9. The number of nitro benzene ring substituents is 1. The van der Waals surface area contributed by atoms with E-state index < -0.39 is 16.6 Å². The van der Waals surface area contributed by atoms with Crippen LogP contribution < -0.4 is 5.32 Å². The first-order chi connectivity index (χ1) is 9.88. The van der Waals surface area contributed by atoms with E-state index in [9.17, 15) is 19.3 Å². The quantitative estimate of drug-likeness (QED) is 0.668. The molecular weight excluding hydrogens is 343 g/mol. The van der Waals surface area contributed by atoms with E-state index in [1.165, 1.54) is 30.3 Å². The SMILES string of the molecule is Cc1cc([N+](=O)[O-])ccc1C(=O)Nc1ccc(Br)cc1F. The minimum Gasteiger partial charge on any atom is -0.319 e. The van der Waals surface area contributed by atoms with E-state index in [0.29, 0.717) is 10.0 Å². The van der Waals surface area contributed by atoms with Crippen LogP contribution in [0, 0.1) is 22.9 Å². The maximum absolute atomic E-state index is 13.7. The minimum atomic E-state index is -0.572. The standard InChI is InChI=1S/C14H10BrFN2O3/c1-8-6-10(18(20)21)3-4-11(8)14(19)17-13-5-2-9(15)7-12(13)16/h2-7H,1H3,(H,17,19). The summed E-state index contributed by atoms with van der Waals surface area (Å²) in [5.41, 5.74) is 0.641. The smallest absolute Gasteiger partial charge is 0.269 e. The Morgan fingerprint density at radius 2 is 2.00 bits per heavy atom. The van der Waals surface area contributed by atoms with Crippen LogP contribution in [-0.2, 0) is 0 Å². The average Bonchev–Trinajstić information content (AvgIpc) is 2.41. The second-order valence-electron chi connectivity index (χ2n) is 4.33. The lowest BCUT2D eigenvalue weighted by molar-refractivity contribution is -0.384. The summed E-state index contributed by atoms with van der Waals surface area (Å²) in [7, 11) is 0. The molecule has 0 atom stereocenters. The molecule has 0 aliphatic carbocycles. The molecule has 2 aromatic carbocycles. The summed E-state index contributed by atoms with van der Waals surface area (Å²) < 4.78 is 14.2. The zero-order valence-corrected chi connectivity index (χ0v) is 12.5. The average molecular weight is 353 g/mol. The van der Waals surface area contributed by atoms with Crippen molar-refractivity contribution in [3.63, 3.8) is 0 Å². The lowest BCUT2D eigenvalue weighted by Gasteiger charge is -2.08. The highest BCUT2D eigenvalue weighted by Crippen LogP contribution is 2.22. The van der Waals surface area contributed by atoms with Crippen molar-refractivity contribution in [3.8, 4) is 0 Å². The summed E-state index contributed by atoms with van der Waals surface area (Å²) in [6, 6.07) is 8.14. The van der Waals surface area contributed by atoms with Crippen LogP contribution in [0.3, 0.4) is 0 Å².